The van der Waals surface area contributed by atoms with Crippen LogP contribution in [0.4, 0.5) is 9.59 Å². The number of rotatable bonds is 2. The second-order valence-electron chi connectivity index (χ2n) is 28.8. The lowest BCUT2D eigenvalue weighted by Gasteiger charge is -2.49. The summed E-state index contributed by atoms with van der Waals surface area (Å²) in [5, 5.41) is 0. The Morgan fingerprint density at radius 2 is 0.491 bits per heavy atom. The number of amides is 4. The molecule has 19 rings (SSSR count). The molecule has 0 radical (unpaired) electrons. The van der Waals surface area contributed by atoms with Gasteiger partial charge in [-0.15, -0.1) is 0 Å². The van der Waals surface area contributed by atoms with E-state index in [1.54, 1.807) is 0 Å². The fourth-order valence-electron chi connectivity index (χ4n) is 17.6. The van der Waals surface area contributed by atoms with Crippen molar-refractivity contribution in [1.82, 2.24) is 39.5 Å². The van der Waals surface area contributed by atoms with E-state index >= 15 is 9.59 Å². The molecule has 8 aromatic carbocycles. The van der Waals surface area contributed by atoms with Crippen LogP contribution in [0, 0.1) is 0 Å². The first kappa shape index (κ1) is 70.3. The van der Waals surface area contributed by atoms with Crippen molar-refractivity contribution in [3.8, 4) is 90.5 Å². The van der Waals surface area contributed by atoms with Crippen molar-refractivity contribution >= 4 is 58.4 Å². The molecule has 22 heteroatoms. The van der Waals surface area contributed by atoms with E-state index in [0.29, 0.717) is 68.8 Å². The fraction of sp³-hybridized carbons (Fsp3) is 0.239. The fourth-order valence-corrected chi connectivity index (χ4v) is 17.6. The first-order valence-corrected chi connectivity index (χ1v) is 38.9. The largest absolute Gasteiger partial charge is 0.491 e. The summed E-state index contributed by atoms with van der Waals surface area (Å²) >= 11 is 0. The van der Waals surface area contributed by atoms with Crippen LogP contribution >= 0.6 is 0 Å². The van der Waals surface area contributed by atoms with Gasteiger partial charge in [0.1, 0.15) is 75.9 Å². The normalized spacial score (nSPS) is 19.4. The number of aromatic amines is 2. The Hall–Kier alpha value is -12.9. The van der Waals surface area contributed by atoms with Gasteiger partial charge in [-0.3, -0.25) is 19.6 Å². The summed E-state index contributed by atoms with van der Waals surface area (Å²) in [6.45, 7) is 3.15. The molecule has 114 heavy (non-hydrogen) atoms. The molecule has 4 amide bonds. The second-order valence-corrected chi connectivity index (χ2v) is 28.8. The molecule has 0 spiro atoms. The molecule has 572 valence electrons. The van der Waals surface area contributed by atoms with Gasteiger partial charge in [0.2, 0.25) is 0 Å². The number of hydrogen-bond acceptors (Lipinski definition) is 16. The van der Waals surface area contributed by atoms with Crippen LogP contribution in [0.5, 0.6) is 46.0 Å². The summed E-state index contributed by atoms with van der Waals surface area (Å²) in [4.78, 5) is 60.2. The van der Waals surface area contributed by atoms with E-state index in [9.17, 15) is 0 Å². The predicted molar refractivity (Wildman–Crippen MR) is 430 cm³/mol. The van der Waals surface area contributed by atoms with Crippen molar-refractivity contribution in [2.45, 2.75) is 37.5 Å². The predicted octanol–water partition coefficient (Wildman–Crippen LogP) is 16.1. The number of aromatic nitrogens is 4. The van der Waals surface area contributed by atoms with Gasteiger partial charge in [-0.05, 0) is 119 Å². The van der Waals surface area contributed by atoms with Crippen molar-refractivity contribution in [2.24, 2.45) is 0 Å². The Morgan fingerprint density at radius 3 is 0.746 bits per heavy atom. The summed E-state index contributed by atoms with van der Waals surface area (Å²) in [6, 6.07) is 67.5. The number of nitrogens with one attached hydrogen (secondary N) is 2. The first-order chi connectivity index (χ1) is 56.4. The van der Waals surface area contributed by atoms with E-state index in [0.717, 1.165) is 100.0 Å². The topological polar surface area (TPSA) is 215 Å². The van der Waals surface area contributed by atoms with Gasteiger partial charge >= 0.3 is 12.1 Å². The number of nitrogens with zero attached hydrogens (tertiary/aromatic N) is 6. The number of ether oxygens (including phenoxy) is 12. The average Bonchev–Trinajstić information content (AvgIpc) is 1.47. The number of urea groups is 2. The Balaban J connectivity index is 0.802. The number of fused-ring (bicyclic) bond motifs is 20. The van der Waals surface area contributed by atoms with Crippen molar-refractivity contribution < 1.29 is 66.4 Å². The number of H-pyrrole nitrogens is 2. The van der Waals surface area contributed by atoms with Crippen molar-refractivity contribution in [2.75, 3.05) is 106 Å². The van der Waals surface area contributed by atoms with Crippen LogP contribution in [0.15, 0.2) is 206 Å². The maximum Gasteiger partial charge on any atom is 0.325 e. The third-order valence-corrected chi connectivity index (χ3v) is 22.4. The van der Waals surface area contributed by atoms with E-state index in [-0.39, 0.29) is 144 Å². The molecular weight excluding hydrogens is 1440 g/mol. The molecule has 0 aliphatic carbocycles. The maximum absolute atomic E-state index is 16.7. The van der Waals surface area contributed by atoms with Gasteiger partial charge in [0.05, 0.1) is 102 Å². The van der Waals surface area contributed by atoms with E-state index in [4.69, 9.17) is 66.8 Å². The molecule has 3 aromatic heterocycles. The van der Waals surface area contributed by atoms with Gasteiger partial charge in [-0.2, -0.15) is 0 Å². The quantitative estimate of drug-likeness (QED) is 0.165. The Kier molecular flexibility index (Phi) is 18.5. The van der Waals surface area contributed by atoms with Gasteiger partial charge in [0.15, 0.2) is 34.3 Å². The van der Waals surface area contributed by atoms with Crippen LogP contribution in [-0.2, 0) is 56.5 Å². The first-order valence-electron chi connectivity index (χ1n) is 38.9. The maximum atomic E-state index is 16.7. The summed E-state index contributed by atoms with van der Waals surface area (Å²) in [5.74, 6) is 4.14. The van der Waals surface area contributed by atoms with Gasteiger partial charge in [0.25, 0.3) is 0 Å². The Labute approximate surface area is 657 Å². The van der Waals surface area contributed by atoms with E-state index in [1.807, 2.05) is 177 Å². The van der Waals surface area contributed by atoms with Crippen LogP contribution in [0.25, 0.3) is 90.9 Å². The molecule has 0 saturated carbocycles. The third-order valence-electron chi connectivity index (χ3n) is 22.4. The average molecular weight is 1520 g/mol. The molecule has 2 fully saturated rings. The van der Waals surface area contributed by atoms with Gasteiger partial charge in [-0.1, -0.05) is 133 Å². The molecular formula is C92H80N8O14. The zero-order chi connectivity index (χ0) is 76.1. The van der Waals surface area contributed by atoms with Crippen molar-refractivity contribution in [3.05, 3.63) is 262 Å². The number of carbonyl (C=O) groups is 2. The van der Waals surface area contributed by atoms with Crippen LogP contribution in [-0.4, -0.2) is 157 Å². The standard InChI is InChI=1S/C92H80N8O14/c101-89-97-55-59-51-81-82-52-60(59)56-98-90(102)100-58-62-54-84-83(53-61(62)57-99(89)92(100,64-17-5-2-6-18-64)91(97,98)63-15-3-1-4-16-63)113-49-41-105-37-45-109-79-25-13-9-21-67(79)87-71-29-30-72(94-71)88(68-22-10-14-26-80(68)110-46-38-106-42-50-114-84)76-34-32-74(96-76)86(66-20-8-12-24-78(66)108-44-36-104-40-48-112-82)70-28-27-69(93-70)85(73-31-33-75(87)95-73)65-19-7-11-23-77(65)107-43-35-103-39-47-111-81/h1-34,51-54,95-96H,35-50,55-58H2. The van der Waals surface area contributed by atoms with Crippen LogP contribution < -0.4 is 37.9 Å². The number of benzene rings is 8. The summed E-state index contributed by atoms with van der Waals surface area (Å²) in [5.41, 5.74) is 13.5. The van der Waals surface area contributed by atoms with Gasteiger partial charge in [-0.25, -0.2) is 19.6 Å². The number of para-hydroxylation sites is 4. The molecule has 8 aliphatic rings. The van der Waals surface area contributed by atoms with E-state index in [1.165, 1.54) is 0 Å². The summed E-state index contributed by atoms with van der Waals surface area (Å²) in [6.07, 6.45) is 8.22. The van der Waals surface area contributed by atoms with Crippen molar-refractivity contribution in [3.63, 3.8) is 0 Å². The highest BCUT2D eigenvalue weighted by Gasteiger charge is 2.80. The van der Waals surface area contributed by atoms with Gasteiger partial charge in [0, 0.05) is 77.7 Å². The molecule has 0 unspecified atom stereocenters. The Morgan fingerprint density at radius 1 is 0.263 bits per heavy atom. The molecule has 2 saturated heterocycles. The lowest BCUT2D eigenvalue weighted by atomic mass is 9.79. The van der Waals surface area contributed by atoms with E-state index in [2.05, 4.69) is 82.8 Å². The smallest absolute Gasteiger partial charge is 0.325 e. The number of carbonyl (C=O) groups excluding carboxylic acids is 2. The minimum atomic E-state index is -1.48. The molecule has 11 heterocycles. The third kappa shape index (κ3) is 12.2. The summed E-state index contributed by atoms with van der Waals surface area (Å²) < 4.78 is 80.1. The summed E-state index contributed by atoms with van der Waals surface area (Å²) in [7, 11) is 0. The lowest BCUT2D eigenvalue weighted by molar-refractivity contribution is -0.0793. The molecule has 8 aliphatic heterocycles. The Bertz CT molecular complexity index is 5180. The zero-order valence-electron chi connectivity index (χ0n) is 62.5. The molecule has 0 atom stereocenters. The van der Waals surface area contributed by atoms with Gasteiger partial charge < -0.3 is 66.8 Å². The monoisotopic (exact) mass is 1520 g/mol. The SMILES string of the molecule is O=C1N2Cc3cc4c5cc3CN3C(=O)N6Cc7cc8c(cc7CN1C6(c1ccccc1)C23c1ccccc1)OCCOCCOc1ccccc1-c1c2nc(c(c3ccc([nH]3)c(c3nc(c(c6ccc1[nH]6)-c1ccccc1OCCOCCO4)C=C3)-c1ccccc1OCCOCCO5)-c1ccccc1OCCOCCO8)C=C2. The number of hydrogen-bond donors (Lipinski definition) is 2. The second kappa shape index (κ2) is 30.0. The van der Waals surface area contributed by atoms with Crippen molar-refractivity contribution in [1.29, 1.82) is 0 Å². The molecule has 2 N–H and O–H groups in total. The highest BCUT2D eigenvalue weighted by Crippen LogP contribution is 2.66. The van der Waals surface area contributed by atoms with Crippen LogP contribution in [0.2, 0.25) is 0 Å². The zero-order valence-corrected chi connectivity index (χ0v) is 62.5. The minimum absolute atomic E-state index is 0.0847. The minimum Gasteiger partial charge on any atom is -0.491 e. The molecule has 22 nitrogen and oxygen atoms in total. The van der Waals surface area contributed by atoms with E-state index < -0.39 is 11.3 Å². The van der Waals surface area contributed by atoms with Crippen LogP contribution in [0.3, 0.4) is 0 Å². The van der Waals surface area contributed by atoms with Crippen LogP contribution in [0.1, 0.15) is 56.2 Å². The highest BCUT2D eigenvalue weighted by atomic mass is 16.6. The highest BCUT2D eigenvalue weighted by molar-refractivity contribution is 6.02. The molecule has 11 aromatic rings. The molecule has 12 bridgehead atoms. The lowest BCUT2D eigenvalue weighted by Crippen LogP contribution is -2.62.